The predicted octanol–water partition coefficient (Wildman–Crippen LogP) is 3.00. The van der Waals surface area contributed by atoms with Crippen LogP contribution in [0.1, 0.15) is 29.8 Å². The van der Waals surface area contributed by atoms with Crippen molar-refractivity contribution in [2.75, 3.05) is 7.11 Å². The van der Waals surface area contributed by atoms with Gasteiger partial charge in [0.1, 0.15) is 12.4 Å². The first-order valence-electron chi connectivity index (χ1n) is 6.59. The topological polar surface area (TPSA) is 57.4 Å². The van der Waals surface area contributed by atoms with Crippen LogP contribution in [0.4, 0.5) is 0 Å². The molecule has 2 N–H and O–H groups in total. The van der Waals surface area contributed by atoms with Crippen molar-refractivity contribution in [1.82, 2.24) is 4.98 Å². The molecule has 2 aromatic rings. The number of nitrogens with zero attached hydrogens (tertiary/aromatic N) is 1. The van der Waals surface area contributed by atoms with E-state index in [2.05, 4.69) is 11.1 Å². The first-order valence-corrected chi connectivity index (χ1v) is 6.59. The van der Waals surface area contributed by atoms with E-state index < -0.39 is 0 Å². The number of pyridine rings is 1. The lowest BCUT2D eigenvalue weighted by Gasteiger charge is -2.12. The highest BCUT2D eigenvalue weighted by Gasteiger charge is 2.05. The number of rotatable bonds is 5. The van der Waals surface area contributed by atoms with Crippen LogP contribution in [0.5, 0.6) is 11.6 Å². The first-order chi connectivity index (χ1) is 9.60. The third-order valence-electron chi connectivity index (χ3n) is 3.09. The molecule has 2 rings (SSSR count). The van der Waals surface area contributed by atoms with E-state index in [1.807, 2.05) is 44.2 Å². The largest absolute Gasteiger partial charge is 0.487 e. The van der Waals surface area contributed by atoms with Gasteiger partial charge in [0.25, 0.3) is 0 Å². The molecule has 0 spiro atoms. The molecule has 0 radical (unpaired) electrons. The van der Waals surface area contributed by atoms with Gasteiger partial charge in [0.2, 0.25) is 5.88 Å². The van der Waals surface area contributed by atoms with Gasteiger partial charge in [0.15, 0.2) is 0 Å². The molecule has 0 aliphatic heterocycles. The Kier molecular flexibility index (Phi) is 4.58. The van der Waals surface area contributed by atoms with E-state index in [0.717, 1.165) is 22.6 Å². The molecule has 0 saturated heterocycles. The van der Waals surface area contributed by atoms with Crippen molar-refractivity contribution in [3.8, 4) is 11.6 Å². The number of aromatic nitrogens is 1. The standard InChI is InChI=1S/C16H20N2O2/c1-11-9-13(12(2)17)7-8-15(11)20-10-14-5-4-6-16(18-14)19-3/h4-9,12H,10,17H2,1-3H3/t12-/m0/s1. The number of ether oxygens (including phenoxy) is 2. The molecule has 4 nitrogen and oxygen atoms in total. The van der Waals surface area contributed by atoms with Crippen molar-refractivity contribution < 1.29 is 9.47 Å². The predicted molar refractivity (Wildman–Crippen MR) is 78.9 cm³/mol. The number of benzene rings is 1. The van der Waals surface area contributed by atoms with Crippen LogP contribution in [0.2, 0.25) is 0 Å². The molecule has 1 aromatic carbocycles. The Morgan fingerprint density at radius 2 is 2.05 bits per heavy atom. The van der Waals surface area contributed by atoms with Crippen molar-refractivity contribution in [3.63, 3.8) is 0 Å². The summed E-state index contributed by atoms with van der Waals surface area (Å²) in [5, 5.41) is 0. The van der Waals surface area contributed by atoms with Gasteiger partial charge in [-0.3, -0.25) is 0 Å². The van der Waals surface area contributed by atoms with E-state index in [9.17, 15) is 0 Å². The second kappa shape index (κ2) is 6.39. The SMILES string of the molecule is COc1cccc(COc2ccc([C@H](C)N)cc2C)n1. The fourth-order valence-corrected chi connectivity index (χ4v) is 1.92. The molecule has 0 amide bonds. The van der Waals surface area contributed by atoms with Gasteiger partial charge in [-0.05, 0) is 37.1 Å². The Hall–Kier alpha value is -2.07. The molecule has 0 fully saturated rings. The van der Waals surface area contributed by atoms with Gasteiger partial charge in [-0.25, -0.2) is 4.98 Å². The Morgan fingerprint density at radius 3 is 2.70 bits per heavy atom. The summed E-state index contributed by atoms with van der Waals surface area (Å²) < 4.78 is 10.9. The molecule has 1 atom stereocenters. The summed E-state index contributed by atoms with van der Waals surface area (Å²) in [5.41, 5.74) is 8.88. The van der Waals surface area contributed by atoms with E-state index in [1.54, 1.807) is 7.11 Å². The summed E-state index contributed by atoms with van der Waals surface area (Å²) >= 11 is 0. The van der Waals surface area contributed by atoms with Crippen molar-refractivity contribution in [3.05, 3.63) is 53.2 Å². The second-order valence-corrected chi connectivity index (χ2v) is 4.77. The molecule has 1 aromatic heterocycles. The first kappa shape index (κ1) is 14.3. The lowest BCUT2D eigenvalue weighted by molar-refractivity contribution is 0.296. The fourth-order valence-electron chi connectivity index (χ4n) is 1.92. The fraction of sp³-hybridized carbons (Fsp3) is 0.312. The zero-order valence-corrected chi connectivity index (χ0v) is 12.1. The monoisotopic (exact) mass is 272 g/mol. The molecular formula is C16H20N2O2. The maximum absolute atomic E-state index is 5.86. The summed E-state index contributed by atoms with van der Waals surface area (Å²) in [6.07, 6.45) is 0. The van der Waals surface area contributed by atoms with E-state index in [0.29, 0.717) is 12.5 Å². The van der Waals surface area contributed by atoms with Crippen molar-refractivity contribution in [2.24, 2.45) is 5.73 Å². The lowest BCUT2D eigenvalue weighted by Crippen LogP contribution is -2.06. The Balaban J connectivity index is 2.07. The van der Waals surface area contributed by atoms with Crippen LogP contribution in [0.15, 0.2) is 36.4 Å². The van der Waals surface area contributed by atoms with Gasteiger partial charge < -0.3 is 15.2 Å². The molecule has 0 saturated carbocycles. The van der Waals surface area contributed by atoms with E-state index in [1.165, 1.54) is 0 Å². The van der Waals surface area contributed by atoms with Crippen LogP contribution in [-0.4, -0.2) is 12.1 Å². The maximum atomic E-state index is 5.86. The quantitative estimate of drug-likeness (QED) is 0.909. The van der Waals surface area contributed by atoms with Crippen LogP contribution in [-0.2, 0) is 6.61 Å². The molecule has 20 heavy (non-hydrogen) atoms. The summed E-state index contributed by atoms with van der Waals surface area (Å²) in [4.78, 5) is 4.31. The molecule has 0 aliphatic carbocycles. The average Bonchev–Trinajstić information content (AvgIpc) is 2.46. The third-order valence-corrected chi connectivity index (χ3v) is 3.09. The number of aryl methyl sites for hydroxylation is 1. The summed E-state index contributed by atoms with van der Waals surface area (Å²) in [5.74, 6) is 1.44. The van der Waals surface area contributed by atoms with Crippen LogP contribution < -0.4 is 15.2 Å². The second-order valence-electron chi connectivity index (χ2n) is 4.77. The lowest BCUT2D eigenvalue weighted by atomic mass is 10.1. The van der Waals surface area contributed by atoms with Crippen molar-refractivity contribution in [1.29, 1.82) is 0 Å². The van der Waals surface area contributed by atoms with Crippen LogP contribution in [0, 0.1) is 6.92 Å². The van der Waals surface area contributed by atoms with Crippen molar-refractivity contribution >= 4 is 0 Å². The van der Waals surface area contributed by atoms with E-state index >= 15 is 0 Å². The zero-order valence-electron chi connectivity index (χ0n) is 12.1. The summed E-state index contributed by atoms with van der Waals surface area (Å²) in [6, 6.07) is 11.7. The minimum absolute atomic E-state index is 0.0304. The molecule has 0 aliphatic rings. The van der Waals surface area contributed by atoms with E-state index in [4.69, 9.17) is 15.2 Å². The highest BCUT2D eigenvalue weighted by Crippen LogP contribution is 2.22. The maximum Gasteiger partial charge on any atom is 0.213 e. The molecule has 106 valence electrons. The number of nitrogens with two attached hydrogens (primary N) is 1. The van der Waals surface area contributed by atoms with Gasteiger partial charge in [-0.2, -0.15) is 0 Å². The van der Waals surface area contributed by atoms with Gasteiger partial charge in [0.05, 0.1) is 12.8 Å². The average molecular weight is 272 g/mol. The van der Waals surface area contributed by atoms with E-state index in [-0.39, 0.29) is 6.04 Å². The van der Waals surface area contributed by atoms with Crippen LogP contribution >= 0.6 is 0 Å². The summed E-state index contributed by atoms with van der Waals surface area (Å²) in [6.45, 7) is 4.39. The molecule has 0 bridgehead atoms. The van der Waals surface area contributed by atoms with Gasteiger partial charge in [-0.15, -0.1) is 0 Å². The van der Waals surface area contributed by atoms with Gasteiger partial charge >= 0.3 is 0 Å². The third kappa shape index (κ3) is 3.48. The highest BCUT2D eigenvalue weighted by molar-refractivity contribution is 5.37. The normalized spacial score (nSPS) is 12.0. The van der Waals surface area contributed by atoms with Crippen molar-refractivity contribution in [2.45, 2.75) is 26.5 Å². The smallest absolute Gasteiger partial charge is 0.213 e. The number of methoxy groups -OCH3 is 1. The minimum atomic E-state index is 0.0304. The Labute approximate surface area is 119 Å². The molecular weight excluding hydrogens is 252 g/mol. The molecule has 4 heteroatoms. The highest BCUT2D eigenvalue weighted by atomic mass is 16.5. The molecule has 1 heterocycles. The minimum Gasteiger partial charge on any atom is -0.487 e. The van der Waals surface area contributed by atoms with Gasteiger partial charge in [0, 0.05) is 12.1 Å². The van der Waals surface area contributed by atoms with Gasteiger partial charge in [-0.1, -0.05) is 18.2 Å². The van der Waals surface area contributed by atoms with Crippen LogP contribution in [0.3, 0.4) is 0 Å². The summed E-state index contributed by atoms with van der Waals surface area (Å²) in [7, 11) is 1.60. The zero-order chi connectivity index (χ0) is 14.5. The number of hydrogen-bond donors (Lipinski definition) is 1. The Bertz CT molecular complexity index is 582. The van der Waals surface area contributed by atoms with Crippen LogP contribution in [0.25, 0.3) is 0 Å². The Morgan fingerprint density at radius 1 is 1.25 bits per heavy atom. The number of hydrogen-bond acceptors (Lipinski definition) is 4. The molecule has 0 unspecified atom stereocenters.